The van der Waals surface area contributed by atoms with E-state index in [0.717, 1.165) is 0 Å². The number of methoxy groups -OCH3 is 2. The van der Waals surface area contributed by atoms with E-state index in [2.05, 4.69) is 0 Å². The minimum Gasteiger partial charge on any atom is -0.493 e. The number of fused-ring (bicyclic) bond motifs is 1. The molecule has 0 N–H and O–H groups in total. The van der Waals surface area contributed by atoms with E-state index in [9.17, 15) is 4.79 Å². The van der Waals surface area contributed by atoms with Crippen molar-refractivity contribution in [2.24, 2.45) is 11.8 Å². The third-order valence-corrected chi connectivity index (χ3v) is 5.10. The van der Waals surface area contributed by atoms with Crippen LogP contribution in [-0.2, 0) is 12.9 Å². The summed E-state index contributed by atoms with van der Waals surface area (Å²) in [5.41, 5.74) is -0.186. The van der Waals surface area contributed by atoms with Crippen molar-refractivity contribution in [1.82, 2.24) is 4.90 Å². The van der Waals surface area contributed by atoms with Gasteiger partial charge in [0.15, 0.2) is 17.3 Å². The summed E-state index contributed by atoms with van der Waals surface area (Å²) in [7, 11) is 2.51. The number of nitrogens with zero attached hydrogens (tertiary/aromatic N) is 1. The van der Waals surface area contributed by atoms with Gasteiger partial charge in [-0.2, -0.15) is 0 Å². The molecule has 0 amide bonds. The lowest BCUT2D eigenvalue weighted by Gasteiger charge is -2.32. The number of ketones is 1. The van der Waals surface area contributed by atoms with Crippen LogP contribution >= 0.6 is 0 Å². The predicted molar refractivity (Wildman–Crippen MR) is 110 cm³/mol. The van der Waals surface area contributed by atoms with E-state index in [-0.39, 0.29) is 48.6 Å². The van der Waals surface area contributed by atoms with Gasteiger partial charge < -0.3 is 9.47 Å². The Kier molecular flexibility index (Phi) is 3.47. The third kappa shape index (κ3) is 3.93. The minimum atomic E-state index is -2.54. The van der Waals surface area contributed by atoms with Crippen molar-refractivity contribution >= 4 is 5.78 Å². The van der Waals surface area contributed by atoms with Crippen molar-refractivity contribution in [3.05, 3.63) is 59.1 Å². The molecule has 0 saturated carbocycles. The molecule has 0 radical (unpaired) electrons. The minimum absolute atomic E-state index is 0.164. The zero-order valence-electron chi connectivity index (χ0n) is 24.0. The SMILES string of the molecule is [2H]c1c(OC)c(OC)c([2H])c2c1C(=O)C(C([2H])([2H])C1CCN(C([2H])([2H])c3ccccc3)CC1)C2([2H])[2H]. The van der Waals surface area contributed by atoms with Crippen LogP contribution in [0, 0.1) is 11.8 Å². The lowest BCUT2D eigenvalue weighted by atomic mass is 9.85. The Hall–Kier alpha value is -2.33. The molecule has 4 heteroatoms. The van der Waals surface area contributed by atoms with E-state index in [1.807, 2.05) is 0 Å². The molecule has 0 aromatic heterocycles. The average Bonchev–Trinajstić information content (AvgIpc) is 3.07. The molecule has 1 saturated heterocycles. The molecule has 2 aromatic carbocycles. The van der Waals surface area contributed by atoms with Crippen LogP contribution in [0.15, 0.2) is 42.4 Å². The van der Waals surface area contributed by atoms with E-state index in [0.29, 0.717) is 5.56 Å². The molecule has 0 bridgehead atoms. The van der Waals surface area contributed by atoms with Crippen LogP contribution in [0.25, 0.3) is 0 Å². The molecular formula is C24H29NO3. The fraction of sp³-hybridized carbons (Fsp3) is 0.458. The molecule has 148 valence electrons. The Morgan fingerprint density at radius 3 is 2.50 bits per heavy atom. The lowest BCUT2D eigenvalue weighted by molar-refractivity contribution is 0.0895. The van der Waals surface area contributed by atoms with Crippen molar-refractivity contribution in [2.75, 3.05) is 27.3 Å². The molecule has 1 aliphatic heterocycles. The molecule has 1 heterocycles. The Morgan fingerprint density at radius 2 is 1.82 bits per heavy atom. The third-order valence-electron chi connectivity index (χ3n) is 5.10. The number of carbonyl (C=O) groups is 1. The molecule has 1 aliphatic carbocycles. The van der Waals surface area contributed by atoms with Crippen molar-refractivity contribution in [3.63, 3.8) is 0 Å². The summed E-state index contributed by atoms with van der Waals surface area (Å²) in [6.45, 7) is -1.28. The van der Waals surface area contributed by atoms with Crippen molar-refractivity contribution in [2.45, 2.75) is 32.1 Å². The average molecular weight is 388 g/mol. The van der Waals surface area contributed by atoms with E-state index in [1.54, 1.807) is 35.2 Å². The monoisotopic (exact) mass is 387 g/mol. The van der Waals surface area contributed by atoms with Gasteiger partial charge in [-0.25, -0.2) is 0 Å². The molecule has 2 aromatic rings. The van der Waals surface area contributed by atoms with Crippen LogP contribution in [-0.4, -0.2) is 38.0 Å². The van der Waals surface area contributed by atoms with Crippen LogP contribution in [0.5, 0.6) is 11.5 Å². The van der Waals surface area contributed by atoms with Gasteiger partial charge in [0.1, 0.15) is 0 Å². The normalized spacial score (nSPS) is 27.2. The van der Waals surface area contributed by atoms with Gasteiger partial charge in [0.2, 0.25) is 0 Å². The number of hydrogen-bond donors (Lipinski definition) is 0. The number of carbonyl (C=O) groups excluding carboxylic acids is 1. The van der Waals surface area contributed by atoms with Gasteiger partial charge in [-0.15, -0.1) is 0 Å². The first-order valence-electron chi connectivity index (χ1n) is 13.4. The number of ether oxygens (including phenoxy) is 2. The van der Waals surface area contributed by atoms with Gasteiger partial charge in [0, 0.05) is 26.2 Å². The molecule has 1 fully saturated rings. The number of Topliss-reactive ketones (excluding diaryl/α,β-unsaturated/α-hetero) is 1. The van der Waals surface area contributed by atoms with Crippen molar-refractivity contribution in [3.8, 4) is 11.5 Å². The second-order valence-electron chi connectivity index (χ2n) is 6.91. The van der Waals surface area contributed by atoms with Gasteiger partial charge in [0.05, 0.1) is 17.0 Å². The topological polar surface area (TPSA) is 38.8 Å². The highest BCUT2D eigenvalue weighted by atomic mass is 16.5. The maximum absolute atomic E-state index is 13.5. The summed E-state index contributed by atoms with van der Waals surface area (Å²) in [4.78, 5) is 15.1. The molecule has 4 rings (SSSR count). The maximum atomic E-state index is 13.5. The molecule has 2 aliphatic rings. The number of benzene rings is 2. The largest absolute Gasteiger partial charge is 0.493 e. The molecule has 28 heavy (non-hydrogen) atoms. The fourth-order valence-corrected chi connectivity index (χ4v) is 3.61. The Labute approximate surface area is 178 Å². The highest BCUT2D eigenvalue weighted by Crippen LogP contribution is 2.39. The first kappa shape index (κ1) is 11.6. The summed E-state index contributed by atoms with van der Waals surface area (Å²) < 4.78 is 79.7. The number of likely N-dealkylation sites (tertiary alicyclic amines) is 1. The van der Waals surface area contributed by atoms with Gasteiger partial charge in [0.25, 0.3) is 0 Å². The van der Waals surface area contributed by atoms with Crippen molar-refractivity contribution < 1.29 is 25.2 Å². The summed E-state index contributed by atoms with van der Waals surface area (Å²) in [5, 5.41) is 0. The number of rotatable bonds is 6. The van der Waals surface area contributed by atoms with Crippen LogP contribution in [0.1, 0.15) is 51.7 Å². The second kappa shape index (κ2) is 8.36. The van der Waals surface area contributed by atoms with E-state index in [1.165, 1.54) is 14.2 Å². The molecule has 1 atom stereocenters. The second-order valence-corrected chi connectivity index (χ2v) is 6.91. The summed E-state index contributed by atoms with van der Waals surface area (Å²) in [6, 6.07) is 7.88. The molecule has 4 nitrogen and oxygen atoms in total. The number of hydrogen-bond acceptors (Lipinski definition) is 4. The van der Waals surface area contributed by atoms with Crippen LogP contribution < -0.4 is 9.47 Å². The Morgan fingerprint density at radius 1 is 1.14 bits per heavy atom. The van der Waals surface area contributed by atoms with Gasteiger partial charge in [-0.1, -0.05) is 30.3 Å². The summed E-state index contributed by atoms with van der Waals surface area (Å²) in [6.07, 6.45) is -4.39. The highest BCUT2D eigenvalue weighted by Gasteiger charge is 2.34. The van der Waals surface area contributed by atoms with E-state index < -0.39 is 48.9 Å². The Balaban J connectivity index is 1.64. The maximum Gasteiger partial charge on any atom is 0.166 e. The quantitative estimate of drug-likeness (QED) is 0.738. The van der Waals surface area contributed by atoms with Crippen molar-refractivity contribution in [1.29, 1.82) is 0 Å². The summed E-state index contributed by atoms with van der Waals surface area (Å²) >= 11 is 0. The van der Waals surface area contributed by atoms with E-state index >= 15 is 0 Å². The molecular weight excluding hydrogens is 350 g/mol. The zero-order valence-corrected chi connectivity index (χ0v) is 16.0. The van der Waals surface area contributed by atoms with Gasteiger partial charge >= 0.3 is 0 Å². The van der Waals surface area contributed by atoms with Crippen LogP contribution in [0.4, 0.5) is 0 Å². The van der Waals surface area contributed by atoms with Gasteiger partial charge in [-0.3, -0.25) is 9.69 Å². The van der Waals surface area contributed by atoms with Crippen LogP contribution in [0.2, 0.25) is 0 Å². The molecule has 1 unspecified atom stereocenters. The standard InChI is InChI=1S/C24H29NO3/c1-27-22-14-19-13-20(24(26)21(19)15-23(22)28-2)12-17-8-10-25(11-9-17)16-18-6-4-3-5-7-18/h3-7,14-15,17,20H,8-13,16H2,1-2H3/i12D2,13D2,14D,15D,16D2. The smallest absolute Gasteiger partial charge is 0.166 e. The zero-order chi connectivity index (χ0) is 26.6. The fourth-order valence-electron chi connectivity index (χ4n) is 3.61. The first-order valence-corrected chi connectivity index (χ1v) is 9.42. The van der Waals surface area contributed by atoms with Gasteiger partial charge in [-0.05, 0) is 67.8 Å². The number of piperidine rings is 1. The predicted octanol–water partition coefficient (Wildman–Crippen LogP) is 4.36. The van der Waals surface area contributed by atoms with E-state index in [4.69, 9.17) is 20.4 Å². The van der Waals surface area contributed by atoms with Crippen LogP contribution in [0.3, 0.4) is 0 Å². The lowest BCUT2D eigenvalue weighted by Crippen LogP contribution is -2.34. The molecule has 0 spiro atoms. The first-order chi connectivity index (χ1) is 16.8. The highest BCUT2D eigenvalue weighted by molar-refractivity contribution is 6.02. The summed E-state index contributed by atoms with van der Waals surface area (Å²) in [5.74, 6) is -3.67. The Bertz CT molecular complexity index is 1160.